The maximum atomic E-state index is 11.7. The van der Waals surface area contributed by atoms with Crippen LogP contribution in [-0.2, 0) is 19.8 Å². The maximum Gasteiger partial charge on any atom is 0.169 e. The van der Waals surface area contributed by atoms with Crippen molar-refractivity contribution in [3.63, 3.8) is 0 Å². The van der Waals surface area contributed by atoms with E-state index < -0.39 is 48.0 Å². The highest BCUT2D eigenvalue weighted by atomic mass is 79.9. The van der Waals surface area contributed by atoms with Gasteiger partial charge in [-0.2, -0.15) is 0 Å². The minimum Gasteiger partial charge on any atom is -0.457 e. The minimum absolute atomic E-state index is 0.584. The van der Waals surface area contributed by atoms with E-state index in [2.05, 4.69) is 31.9 Å². The maximum absolute atomic E-state index is 11.7. The number of benzene rings is 3. The van der Waals surface area contributed by atoms with E-state index in [0.717, 1.165) is 27.4 Å². The van der Waals surface area contributed by atoms with Gasteiger partial charge in [-0.15, -0.1) is 0 Å². The molecule has 0 bridgehead atoms. The molecule has 1 spiro atoms. The second-order valence-electron chi connectivity index (χ2n) is 10.8. The Morgan fingerprint density at radius 1 is 0.718 bits per heavy atom. The Kier molecular flexibility index (Phi) is 6.45. The van der Waals surface area contributed by atoms with E-state index in [9.17, 15) is 15.3 Å². The van der Waals surface area contributed by atoms with E-state index >= 15 is 0 Å². The van der Waals surface area contributed by atoms with Gasteiger partial charge in [0.15, 0.2) is 11.4 Å². The summed E-state index contributed by atoms with van der Waals surface area (Å²) in [5.41, 5.74) is 0.862. The van der Waals surface area contributed by atoms with E-state index in [1.54, 1.807) is 0 Å². The molecule has 0 aromatic heterocycles. The van der Waals surface area contributed by atoms with Crippen LogP contribution in [0.2, 0.25) is 0 Å². The van der Waals surface area contributed by atoms with Crippen molar-refractivity contribution in [3.05, 3.63) is 92.4 Å². The van der Waals surface area contributed by atoms with Gasteiger partial charge in [-0.05, 0) is 54.8 Å². The number of ether oxygens (including phenoxy) is 4. The van der Waals surface area contributed by atoms with Crippen molar-refractivity contribution >= 4 is 31.9 Å². The van der Waals surface area contributed by atoms with Crippen molar-refractivity contribution in [2.75, 3.05) is 0 Å². The summed E-state index contributed by atoms with van der Waals surface area (Å²) in [5, 5.41) is 34.4. The first kappa shape index (κ1) is 26.1. The number of fused-ring (bicyclic) bond motifs is 3. The predicted molar refractivity (Wildman–Crippen MR) is 149 cm³/mol. The van der Waals surface area contributed by atoms with E-state index in [-0.39, 0.29) is 0 Å². The highest BCUT2D eigenvalue weighted by Gasteiger charge is 2.62. The Morgan fingerprint density at radius 2 is 1.28 bits per heavy atom. The predicted octanol–water partition coefficient (Wildman–Crippen LogP) is 5.15. The summed E-state index contributed by atoms with van der Waals surface area (Å²) in [4.78, 5) is 0. The van der Waals surface area contributed by atoms with Crippen LogP contribution in [0, 0.1) is 0 Å². The average Bonchev–Trinajstić information content (AvgIpc) is 3.57. The zero-order chi connectivity index (χ0) is 26.9. The van der Waals surface area contributed by atoms with Crippen molar-refractivity contribution in [1.82, 2.24) is 0 Å². The molecule has 1 saturated heterocycles. The second-order valence-corrected chi connectivity index (χ2v) is 12.6. The lowest BCUT2D eigenvalue weighted by atomic mass is 9.76. The first-order chi connectivity index (χ1) is 18.8. The van der Waals surface area contributed by atoms with Crippen LogP contribution in [0.5, 0.6) is 11.5 Å². The van der Waals surface area contributed by atoms with Gasteiger partial charge >= 0.3 is 0 Å². The van der Waals surface area contributed by atoms with Crippen molar-refractivity contribution in [2.24, 2.45) is 0 Å². The molecule has 3 aromatic rings. The molecular formula is C30H28Br2O7. The molecule has 2 aliphatic heterocycles. The molecule has 39 heavy (non-hydrogen) atoms. The van der Waals surface area contributed by atoms with E-state index in [1.165, 1.54) is 0 Å². The van der Waals surface area contributed by atoms with Crippen LogP contribution in [-0.4, -0.2) is 57.7 Å². The van der Waals surface area contributed by atoms with Gasteiger partial charge in [0.1, 0.15) is 48.1 Å². The van der Waals surface area contributed by atoms with Gasteiger partial charge < -0.3 is 34.3 Å². The molecule has 204 valence electrons. The van der Waals surface area contributed by atoms with Crippen LogP contribution in [0.4, 0.5) is 0 Å². The normalized spacial score (nSPS) is 31.8. The van der Waals surface area contributed by atoms with E-state index in [1.807, 2.05) is 66.7 Å². The SMILES string of the molecule is O[C@H]1[C@H](O)[C@H]2OC3(CCCC3)O[C@H]2[C@@H](O)[C@@H]1OC1(c2ccccc2)c2cc(Br)ccc2Oc2ccc(Br)cc21. The summed E-state index contributed by atoms with van der Waals surface area (Å²) in [6.07, 6.45) is -3.63. The molecule has 0 amide bonds. The molecule has 3 fully saturated rings. The van der Waals surface area contributed by atoms with Gasteiger partial charge in [0, 0.05) is 32.9 Å². The topological polar surface area (TPSA) is 97.6 Å². The average molecular weight is 660 g/mol. The zero-order valence-electron chi connectivity index (χ0n) is 20.9. The molecule has 2 heterocycles. The monoisotopic (exact) mass is 658 g/mol. The Hall–Kier alpha value is -1.82. The van der Waals surface area contributed by atoms with Crippen LogP contribution in [0.25, 0.3) is 0 Å². The van der Waals surface area contributed by atoms with Gasteiger partial charge in [0.2, 0.25) is 0 Å². The Bertz CT molecular complexity index is 1340. The number of halogens is 2. The fourth-order valence-electron chi connectivity index (χ4n) is 6.63. The van der Waals surface area contributed by atoms with Crippen LogP contribution < -0.4 is 4.74 Å². The van der Waals surface area contributed by atoms with Crippen molar-refractivity contribution < 1.29 is 34.3 Å². The molecule has 2 aliphatic carbocycles. The Morgan fingerprint density at radius 3 is 1.87 bits per heavy atom. The number of aliphatic hydroxyl groups excluding tert-OH is 3. The third-order valence-electron chi connectivity index (χ3n) is 8.44. The fraction of sp³-hybridized carbons (Fsp3) is 0.400. The third-order valence-corrected chi connectivity index (χ3v) is 9.43. The number of hydrogen-bond donors (Lipinski definition) is 3. The highest BCUT2D eigenvalue weighted by Crippen LogP contribution is 2.55. The highest BCUT2D eigenvalue weighted by molar-refractivity contribution is 9.10. The van der Waals surface area contributed by atoms with Gasteiger partial charge in [-0.3, -0.25) is 0 Å². The lowest BCUT2D eigenvalue weighted by Gasteiger charge is -2.48. The van der Waals surface area contributed by atoms with Crippen LogP contribution in [0.1, 0.15) is 42.4 Å². The van der Waals surface area contributed by atoms with Crippen molar-refractivity contribution in [1.29, 1.82) is 0 Å². The summed E-state index contributed by atoms with van der Waals surface area (Å²) >= 11 is 7.21. The smallest absolute Gasteiger partial charge is 0.169 e. The molecule has 4 aliphatic rings. The molecule has 7 nitrogen and oxygen atoms in total. The zero-order valence-corrected chi connectivity index (χ0v) is 24.0. The molecule has 0 unspecified atom stereocenters. The molecule has 3 aromatic carbocycles. The van der Waals surface area contributed by atoms with Crippen LogP contribution in [0.3, 0.4) is 0 Å². The van der Waals surface area contributed by atoms with Crippen molar-refractivity contribution in [2.45, 2.75) is 73.7 Å². The molecule has 6 atom stereocenters. The Labute approximate surface area is 242 Å². The molecule has 3 N–H and O–H groups in total. The summed E-state index contributed by atoms with van der Waals surface area (Å²) in [5.74, 6) is 0.331. The molecular weight excluding hydrogens is 632 g/mol. The van der Waals surface area contributed by atoms with Gasteiger partial charge in [-0.25, -0.2) is 0 Å². The Balaban J connectivity index is 1.40. The van der Waals surface area contributed by atoms with Gasteiger partial charge in [0.05, 0.1) is 0 Å². The van der Waals surface area contributed by atoms with Crippen LogP contribution >= 0.6 is 31.9 Å². The summed E-state index contributed by atoms with van der Waals surface area (Å²) in [6, 6.07) is 21.0. The quantitative estimate of drug-likeness (QED) is 0.358. The summed E-state index contributed by atoms with van der Waals surface area (Å²) in [7, 11) is 0. The fourth-order valence-corrected chi connectivity index (χ4v) is 7.35. The minimum atomic E-state index is -1.43. The largest absolute Gasteiger partial charge is 0.457 e. The summed E-state index contributed by atoms with van der Waals surface area (Å²) < 4.78 is 27.4. The summed E-state index contributed by atoms with van der Waals surface area (Å²) in [6.45, 7) is 0. The molecule has 0 radical (unpaired) electrons. The number of rotatable bonds is 3. The van der Waals surface area contributed by atoms with Crippen molar-refractivity contribution in [3.8, 4) is 11.5 Å². The van der Waals surface area contributed by atoms with Gasteiger partial charge in [-0.1, -0.05) is 62.2 Å². The lowest BCUT2D eigenvalue weighted by Crippen LogP contribution is -2.64. The van der Waals surface area contributed by atoms with Crippen LogP contribution in [0.15, 0.2) is 75.7 Å². The van der Waals surface area contributed by atoms with Gasteiger partial charge in [0.25, 0.3) is 0 Å². The number of hydrogen-bond acceptors (Lipinski definition) is 7. The standard InChI is InChI=1S/C30H28Br2O7/c31-17-8-10-21-19(14-17)30(16-6-2-1-3-7-16,20-15-18(32)9-11-22(20)36-21)39-26-23(33)24(34)27-28(25(26)35)38-29(37-27)12-4-5-13-29/h1-3,6-11,14-15,23-28,33-35H,4-5,12-13H2/t23-,24-,25-,26+,27+,28-/m0/s1. The van der Waals surface area contributed by atoms with E-state index in [4.69, 9.17) is 18.9 Å². The molecule has 2 saturated carbocycles. The third kappa shape index (κ3) is 4.05. The number of aliphatic hydroxyl groups is 3. The van der Waals surface area contributed by atoms with E-state index in [0.29, 0.717) is 35.5 Å². The first-order valence-corrected chi connectivity index (χ1v) is 14.8. The molecule has 7 rings (SSSR count). The lowest BCUT2D eigenvalue weighted by molar-refractivity contribution is -0.231. The second kappa shape index (κ2) is 9.63. The first-order valence-electron chi connectivity index (χ1n) is 13.2. The molecule has 9 heteroatoms.